The fraction of sp³-hybridized carbons (Fsp3) is 0.333. The molecule has 1 aliphatic heterocycles. The lowest BCUT2D eigenvalue weighted by Crippen LogP contribution is -2.42. The number of aromatic hydroxyl groups is 1. The van der Waals surface area contributed by atoms with E-state index in [0.29, 0.717) is 17.8 Å². The van der Waals surface area contributed by atoms with Gasteiger partial charge >= 0.3 is 0 Å². The Morgan fingerprint density at radius 1 is 1.19 bits per heavy atom. The smallest absolute Gasteiger partial charge is 0.278 e. The maximum absolute atomic E-state index is 13.4. The molecular formula is C24H27FN4O2. The topological polar surface area (TPSA) is 61.6 Å². The number of hydrogen-bond acceptors (Lipinski definition) is 4. The maximum Gasteiger partial charge on any atom is 0.278 e. The molecule has 0 bridgehead atoms. The molecule has 1 atom stereocenters. The quantitative estimate of drug-likeness (QED) is 0.696. The van der Waals surface area contributed by atoms with E-state index >= 15 is 0 Å². The number of nitrogens with zero attached hydrogens (tertiary/aromatic N) is 4. The number of aryl methyl sites for hydroxylation is 1. The first-order chi connectivity index (χ1) is 14.9. The van der Waals surface area contributed by atoms with Gasteiger partial charge in [-0.1, -0.05) is 30.3 Å². The first-order valence-corrected chi connectivity index (χ1v) is 10.5. The summed E-state index contributed by atoms with van der Waals surface area (Å²) in [5.74, 6) is -0.802. The van der Waals surface area contributed by atoms with Crippen molar-refractivity contribution in [1.82, 2.24) is 19.6 Å². The number of hydrogen-bond donors (Lipinski definition) is 1. The molecule has 0 radical (unpaired) electrons. The van der Waals surface area contributed by atoms with E-state index in [9.17, 15) is 14.3 Å². The Morgan fingerprint density at radius 3 is 2.71 bits per heavy atom. The third-order valence-electron chi connectivity index (χ3n) is 5.74. The lowest BCUT2D eigenvalue weighted by Gasteiger charge is -2.28. The van der Waals surface area contributed by atoms with Gasteiger partial charge in [0.25, 0.3) is 5.91 Å². The van der Waals surface area contributed by atoms with E-state index in [1.54, 1.807) is 17.9 Å². The van der Waals surface area contributed by atoms with Crippen LogP contribution in [0.4, 0.5) is 4.39 Å². The van der Waals surface area contributed by atoms with Gasteiger partial charge in [-0.2, -0.15) is 5.10 Å². The van der Waals surface area contributed by atoms with Crippen LogP contribution < -0.4 is 0 Å². The van der Waals surface area contributed by atoms with E-state index in [0.717, 1.165) is 26.1 Å². The van der Waals surface area contributed by atoms with Crippen molar-refractivity contribution in [2.75, 3.05) is 19.6 Å². The molecule has 1 amide bonds. The van der Waals surface area contributed by atoms with Gasteiger partial charge in [-0.15, -0.1) is 0 Å². The fourth-order valence-corrected chi connectivity index (χ4v) is 4.19. The van der Waals surface area contributed by atoms with Crippen molar-refractivity contribution >= 4 is 5.91 Å². The monoisotopic (exact) mass is 422 g/mol. The Balaban J connectivity index is 1.51. The number of carbonyl (C=O) groups excluding carboxylic acids is 1. The zero-order valence-corrected chi connectivity index (χ0v) is 17.8. The average Bonchev–Trinajstić information content (AvgIpc) is 3.02. The number of rotatable bonds is 4. The molecule has 31 heavy (non-hydrogen) atoms. The predicted molar refractivity (Wildman–Crippen MR) is 117 cm³/mol. The van der Waals surface area contributed by atoms with E-state index in [4.69, 9.17) is 0 Å². The van der Waals surface area contributed by atoms with Crippen molar-refractivity contribution < 1.29 is 14.3 Å². The van der Waals surface area contributed by atoms with Crippen LogP contribution >= 0.6 is 0 Å². The molecule has 6 nitrogen and oxygen atoms in total. The lowest BCUT2D eigenvalue weighted by molar-refractivity contribution is 0.0682. The van der Waals surface area contributed by atoms with Crippen LogP contribution in [0.25, 0.3) is 5.69 Å². The summed E-state index contributed by atoms with van der Waals surface area (Å²) in [5.41, 5.74) is 2.56. The largest absolute Gasteiger partial charge is 0.504 e. The summed E-state index contributed by atoms with van der Waals surface area (Å²) < 4.78 is 14.9. The normalized spacial score (nSPS) is 17.5. The summed E-state index contributed by atoms with van der Waals surface area (Å²) >= 11 is 0. The molecule has 0 unspecified atom stereocenters. The zero-order valence-electron chi connectivity index (χ0n) is 17.8. The first kappa shape index (κ1) is 21.1. The minimum Gasteiger partial charge on any atom is -0.504 e. The number of aromatic nitrogens is 2. The van der Waals surface area contributed by atoms with E-state index < -0.39 is 0 Å². The van der Waals surface area contributed by atoms with Crippen molar-refractivity contribution in [1.29, 1.82) is 0 Å². The number of amides is 1. The van der Waals surface area contributed by atoms with E-state index in [-0.39, 0.29) is 29.2 Å². The first-order valence-electron chi connectivity index (χ1n) is 10.5. The highest BCUT2D eigenvalue weighted by molar-refractivity contribution is 5.95. The van der Waals surface area contributed by atoms with Gasteiger partial charge in [0.15, 0.2) is 11.4 Å². The van der Waals surface area contributed by atoms with Crippen LogP contribution in [0.1, 0.15) is 35.0 Å². The third kappa shape index (κ3) is 4.61. The lowest BCUT2D eigenvalue weighted by atomic mass is 10.2. The Morgan fingerprint density at radius 2 is 1.97 bits per heavy atom. The van der Waals surface area contributed by atoms with Gasteiger partial charge in [0.1, 0.15) is 5.82 Å². The van der Waals surface area contributed by atoms with Gasteiger partial charge in [-0.05, 0) is 49.6 Å². The molecule has 2 aromatic carbocycles. The van der Waals surface area contributed by atoms with Crippen LogP contribution in [0.3, 0.4) is 0 Å². The molecule has 0 spiro atoms. The second kappa shape index (κ2) is 8.89. The zero-order chi connectivity index (χ0) is 22.0. The van der Waals surface area contributed by atoms with E-state index in [1.165, 1.54) is 28.6 Å². The number of halogens is 1. The van der Waals surface area contributed by atoms with Crippen molar-refractivity contribution in [3.05, 3.63) is 77.4 Å². The van der Waals surface area contributed by atoms with Gasteiger partial charge in [-0.25, -0.2) is 9.07 Å². The maximum atomic E-state index is 13.4. The Labute approximate surface area is 181 Å². The summed E-state index contributed by atoms with van der Waals surface area (Å²) in [5, 5.41) is 14.8. The van der Waals surface area contributed by atoms with Crippen LogP contribution in [0.2, 0.25) is 0 Å². The van der Waals surface area contributed by atoms with Crippen LogP contribution in [0, 0.1) is 12.7 Å². The Kier molecular flexibility index (Phi) is 6.04. The van der Waals surface area contributed by atoms with Gasteiger partial charge < -0.3 is 10.0 Å². The Hall–Kier alpha value is -3.19. The van der Waals surface area contributed by atoms with Crippen molar-refractivity contribution in [2.45, 2.75) is 32.9 Å². The fourth-order valence-electron chi connectivity index (χ4n) is 4.19. The second-order valence-electron chi connectivity index (χ2n) is 8.16. The van der Waals surface area contributed by atoms with Gasteiger partial charge in [0.05, 0.1) is 11.9 Å². The minimum atomic E-state index is -0.340. The van der Waals surface area contributed by atoms with Gasteiger partial charge in [0.2, 0.25) is 0 Å². The van der Waals surface area contributed by atoms with Crippen LogP contribution in [0.5, 0.6) is 5.75 Å². The van der Waals surface area contributed by atoms with Crippen LogP contribution in [-0.4, -0.2) is 56.3 Å². The highest BCUT2D eigenvalue weighted by Gasteiger charge is 2.29. The van der Waals surface area contributed by atoms with E-state index in [1.807, 2.05) is 25.1 Å². The molecule has 1 aliphatic rings. The molecule has 2 heterocycles. The summed E-state index contributed by atoms with van der Waals surface area (Å²) in [7, 11) is 0. The molecule has 1 saturated heterocycles. The standard InChI is InChI=1S/C24H27FN4O2/c1-17-13-20(25)9-10-21(17)29-16-22(30)23(26-29)24(31)28-12-6-11-27(14-18(28)2)15-19-7-4-3-5-8-19/h3-5,7-10,13,16,18,30H,6,11-12,14-15H2,1-2H3/t18-/m0/s1. The minimum absolute atomic E-state index is 0.0178. The molecule has 7 heteroatoms. The highest BCUT2D eigenvalue weighted by Crippen LogP contribution is 2.24. The van der Waals surface area contributed by atoms with Crippen molar-refractivity contribution in [3.63, 3.8) is 0 Å². The summed E-state index contributed by atoms with van der Waals surface area (Å²) in [6.45, 7) is 6.89. The highest BCUT2D eigenvalue weighted by atomic mass is 19.1. The molecule has 3 aromatic rings. The third-order valence-corrected chi connectivity index (χ3v) is 5.74. The molecule has 4 rings (SSSR count). The summed E-state index contributed by atoms with van der Waals surface area (Å²) in [6.07, 6.45) is 2.25. The summed E-state index contributed by atoms with van der Waals surface area (Å²) in [4.78, 5) is 17.4. The SMILES string of the molecule is Cc1cc(F)ccc1-n1cc(O)c(C(=O)N2CCCN(Cc3ccccc3)C[C@@H]2C)n1. The second-order valence-corrected chi connectivity index (χ2v) is 8.16. The summed E-state index contributed by atoms with van der Waals surface area (Å²) in [6, 6.07) is 14.6. The molecule has 1 aromatic heterocycles. The van der Waals surface area contributed by atoms with Crippen LogP contribution in [0.15, 0.2) is 54.7 Å². The Bertz CT molecular complexity index is 1070. The molecular weight excluding hydrogens is 395 g/mol. The van der Waals surface area contributed by atoms with Crippen LogP contribution in [-0.2, 0) is 6.54 Å². The predicted octanol–water partition coefficient (Wildman–Crippen LogP) is 3.76. The average molecular weight is 423 g/mol. The molecule has 162 valence electrons. The molecule has 0 saturated carbocycles. The van der Waals surface area contributed by atoms with Gasteiger partial charge in [-0.3, -0.25) is 9.69 Å². The molecule has 1 fully saturated rings. The van der Waals surface area contributed by atoms with Gasteiger partial charge in [0, 0.05) is 32.2 Å². The molecule has 1 N–H and O–H groups in total. The molecule has 0 aliphatic carbocycles. The van der Waals surface area contributed by atoms with Crippen molar-refractivity contribution in [2.24, 2.45) is 0 Å². The van der Waals surface area contributed by atoms with Crippen molar-refractivity contribution in [3.8, 4) is 11.4 Å². The number of carbonyl (C=O) groups is 1. The van der Waals surface area contributed by atoms with E-state index in [2.05, 4.69) is 22.1 Å². The number of benzene rings is 2.